The molecule has 0 rings (SSSR count). The zero-order chi connectivity index (χ0) is 8.15. The molecule has 0 aliphatic rings. The summed E-state index contributed by atoms with van der Waals surface area (Å²) in [6.45, 7) is 0. The first-order valence-electron chi connectivity index (χ1n) is 2.92. The number of aliphatic carboxylic acids is 1. The van der Waals surface area contributed by atoms with E-state index in [1.54, 1.807) is 6.26 Å². The third-order valence-corrected chi connectivity index (χ3v) is 1.99. The third-order valence-electron chi connectivity index (χ3n) is 1.08. The molecule has 1 unspecified atom stereocenters. The maximum atomic E-state index is 10.1. The molecule has 5 heteroatoms. The van der Waals surface area contributed by atoms with Gasteiger partial charge in [-0.2, -0.15) is 11.2 Å². The molecule has 0 aliphatic carbocycles. The van der Waals surface area contributed by atoms with E-state index < -0.39 is 23.2 Å². The topological polar surface area (TPSA) is 83.5 Å². The van der Waals surface area contributed by atoms with Crippen LogP contribution >= 0.6 is 11.2 Å². The van der Waals surface area contributed by atoms with Gasteiger partial charge in [-0.1, -0.05) is 0 Å². The van der Waals surface area contributed by atoms with E-state index in [1.165, 1.54) is 0 Å². The Morgan fingerprint density at radius 2 is 2.30 bits per heavy atom. The summed E-state index contributed by atoms with van der Waals surface area (Å²) >= 11 is -1.00. The van der Waals surface area contributed by atoms with Crippen molar-refractivity contribution in [2.45, 2.75) is 12.5 Å². The lowest BCUT2D eigenvalue weighted by Crippen LogP contribution is -2.30. The lowest BCUT2D eigenvalue weighted by molar-refractivity contribution is -0.138. The summed E-state index contributed by atoms with van der Waals surface area (Å²) in [4.78, 5) is 10.1. The van der Waals surface area contributed by atoms with Crippen molar-refractivity contribution in [2.24, 2.45) is 5.73 Å². The maximum absolute atomic E-state index is 10.1. The van der Waals surface area contributed by atoms with Crippen LogP contribution in [0, 0.1) is 0 Å². The second-order valence-electron chi connectivity index (χ2n) is 2.11. The Labute approximate surface area is 62.6 Å². The summed E-state index contributed by atoms with van der Waals surface area (Å²) in [6, 6.07) is -0.822. The predicted octanol–water partition coefficient (Wildman–Crippen LogP) is -0.108. The highest BCUT2D eigenvalue weighted by Gasteiger charge is 2.10. The van der Waals surface area contributed by atoms with Gasteiger partial charge in [0.25, 0.3) is 0 Å². The van der Waals surface area contributed by atoms with E-state index in [2.05, 4.69) is 0 Å². The smallest absolute Gasteiger partial charge is 0.320 e. The number of thiol groups is 1. The summed E-state index contributed by atoms with van der Waals surface area (Å²) in [7, 11) is 0. The first kappa shape index (κ1) is 9.74. The SMILES string of the molecule is C[SH](O)CC[C@H](N)C(=O)O. The molecule has 0 saturated heterocycles. The van der Waals surface area contributed by atoms with Gasteiger partial charge in [-0.25, -0.2) is 0 Å². The van der Waals surface area contributed by atoms with Crippen LogP contribution in [-0.4, -0.2) is 33.7 Å². The lowest BCUT2D eigenvalue weighted by atomic mass is 10.2. The first-order valence-corrected chi connectivity index (χ1v) is 4.85. The molecule has 0 heterocycles. The van der Waals surface area contributed by atoms with Crippen molar-refractivity contribution in [1.82, 2.24) is 0 Å². The van der Waals surface area contributed by atoms with Crippen LogP contribution in [0.1, 0.15) is 6.42 Å². The predicted molar refractivity (Wildman–Crippen MR) is 42.6 cm³/mol. The summed E-state index contributed by atoms with van der Waals surface area (Å²) in [6.07, 6.45) is 2.03. The van der Waals surface area contributed by atoms with Crippen LogP contribution in [0.5, 0.6) is 0 Å². The van der Waals surface area contributed by atoms with E-state index in [0.29, 0.717) is 12.2 Å². The van der Waals surface area contributed by atoms with Crippen LogP contribution in [0.25, 0.3) is 0 Å². The average Bonchev–Trinajstić information content (AvgIpc) is 1.82. The van der Waals surface area contributed by atoms with E-state index in [9.17, 15) is 4.79 Å². The van der Waals surface area contributed by atoms with Crippen LogP contribution in [0.2, 0.25) is 0 Å². The van der Waals surface area contributed by atoms with Gasteiger partial charge in [0.2, 0.25) is 0 Å². The fraction of sp³-hybridized carbons (Fsp3) is 0.800. The minimum Gasteiger partial charge on any atom is -0.480 e. The van der Waals surface area contributed by atoms with Crippen molar-refractivity contribution in [2.75, 3.05) is 12.0 Å². The molecule has 0 amide bonds. The van der Waals surface area contributed by atoms with Crippen LogP contribution < -0.4 is 5.73 Å². The fourth-order valence-electron chi connectivity index (χ4n) is 0.449. The van der Waals surface area contributed by atoms with Gasteiger partial charge >= 0.3 is 5.97 Å². The molecule has 0 bridgehead atoms. The molecular formula is C5H13NO3S. The Hall–Kier alpha value is -0.260. The number of carbonyl (C=O) groups is 1. The van der Waals surface area contributed by atoms with E-state index >= 15 is 0 Å². The molecule has 4 N–H and O–H groups in total. The zero-order valence-electron chi connectivity index (χ0n) is 5.82. The quantitative estimate of drug-likeness (QED) is 0.440. The minimum atomic E-state index is -1.00. The van der Waals surface area contributed by atoms with E-state index in [1.807, 2.05) is 0 Å². The largest absolute Gasteiger partial charge is 0.480 e. The molecular weight excluding hydrogens is 154 g/mol. The number of carboxylic acids is 1. The Kier molecular flexibility index (Phi) is 4.42. The second-order valence-corrected chi connectivity index (χ2v) is 3.88. The fourth-order valence-corrected chi connectivity index (χ4v) is 1.10. The molecule has 0 aromatic carbocycles. The Morgan fingerprint density at radius 1 is 1.80 bits per heavy atom. The van der Waals surface area contributed by atoms with E-state index in [-0.39, 0.29) is 0 Å². The van der Waals surface area contributed by atoms with Gasteiger partial charge in [-0.3, -0.25) is 4.79 Å². The highest BCUT2D eigenvalue weighted by molar-refractivity contribution is 8.11. The first-order chi connectivity index (χ1) is 4.54. The van der Waals surface area contributed by atoms with Gasteiger partial charge in [0.05, 0.1) is 0 Å². The van der Waals surface area contributed by atoms with Gasteiger partial charge in [0.1, 0.15) is 6.04 Å². The summed E-state index contributed by atoms with van der Waals surface area (Å²) < 4.78 is 8.80. The molecule has 2 atom stereocenters. The average molecular weight is 167 g/mol. The second kappa shape index (κ2) is 4.54. The zero-order valence-corrected chi connectivity index (χ0v) is 6.71. The van der Waals surface area contributed by atoms with Gasteiger partial charge in [-0.15, -0.1) is 0 Å². The molecule has 0 radical (unpaired) electrons. The highest BCUT2D eigenvalue weighted by Crippen LogP contribution is 2.13. The van der Waals surface area contributed by atoms with Crippen molar-refractivity contribution in [3.05, 3.63) is 0 Å². The number of hydrogen-bond acceptors (Lipinski definition) is 3. The van der Waals surface area contributed by atoms with Crippen molar-refractivity contribution in [3.63, 3.8) is 0 Å². The van der Waals surface area contributed by atoms with Crippen molar-refractivity contribution < 1.29 is 14.5 Å². The molecule has 0 aromatic rings. The standard InChI is InChI=1S/C5H13NO3S/c1-10(9)3-2-4(6)5(7)8/h4,9-10H,2-3,6H2,1H3,(H,7,8)/t4-/m0/s1. The summed E-state index contributed by atoms with van der Waals surface area (Å²) in [5, 5.41) is 8.30. The normalized spacial score (nSPS) is 18.1. The van der Waals surface area contributed by atoms with E-state index in [0.717, 1.165) is 0 Å². The van der Waals surface area contributed by atoms with Gasteiger partial charge < -0.3 is 15.4 Å². The van der Waals surface area contributed by atoms with Gasteiger partial charge in [0, 0.05) is 0 Å². The number of nitrogens with two attached hydrogens (primary N) is 1. The van der Waals surface area contributed by atoms with E-state index in [4.69, 9.17) is 15.4 Å². The van der Waals surface area contributed by atoms with Crippen LogP contribution in [-0.2, 0) is 4.79 Å². The number of rotatable bonds is 4. The summed E-state index contributed by atoms with van der Waals surface area (Å²) in [5.41, 5.74) is 5.16. The van der Waals surface area contributed by atoms with Crippen molar-refractivity contribution in [1.29, 1.82) is 0 Å². The van der Waals surface area contributed by atoms with Crippen LogP contribution in [0.3, 0.4) is 0 Å². The lowest BCUT2D eigenvalue weighted by Gasteiger charge is -2.09. The van der Waals surface area contributed by atoms with Crippen molar-refractivity contribution >= 4 is 17.1 Å². The number of hydrogen-bond donors (Lipinski definition) is 4. The summed E-state index contributed by atoms with van der Waals surface area (Å²) in [5.74, 6) is -0.500. The van der Waals surface area contributed by atoms with Crippen LogP contribution in [0.4, 0.5) is 0 Å². The monoisotopic (exact) mass is 167 g/mol. The van der Waals surface area contributed by atoms with Gasteiger partial charge in [-0.05, 0) is 18.4 Å². The molecule has 0 spiro atoms. The Bertz CT molecular complexity index is 117. The van der Waals surface area contributed by atoms with Crippen LogP contribution in [0.15, 0.2) is 0 Å². The molecule has 62 valence electrons. The maximum Gasteiger partial charge on any atom is 0.320 e. The highest BCUT2D eigenvalue weighted by atomic mass is 32.2. The van der Waals surface area contributed by atoms with Gasteiger partial charge in [0.15, 0.2) is 0 Å². The molecule has 10 heavy (non-hydrogen) atoms. The third kappa shape index (κ3) is 4.60. The Balaban J connectivity index is 3.40. The molecule has 0 aromatic heterocycles. The van der Waals surface area contributed by atoms with Crippen molar-refractivity contribution in [3.8, 4) is 0 Å². The molecule has 0 fully saturated rings. The Morgan fingerprint density at radius 3 is 2.60 bits per heavy atom. The molecule has 0 saturated carbocycles. The number of carboxylic acid groups (broad SMARTS) is 1. The molecule has 4 nitrogen and oxygen atoms in total. The molecule has 0 aliphatic heterocycles. The minimum absolute atomic E-state index is 0.355.